The number of carbonyl (C=O) groups excluding carboxylic acids is 1. The minimum atomic E-state index is -1.03. The zero-order valence-corrected chi connectivity index (χ0v) is 16.8. The molecule has 3 aromatic rings. The molecule has 1 aromatic heterocycles. The third kappa shape index (κ3) is 5.14. The molecule has 2 N–H and O–H groups in total. The summed E-state index contributed by atoms with van der Waals surface area (Å²) in [5.41, 5.74) is 1.15. The van der Waals surface area contributed by atoms with Gasteiger partial charge in [-0.3, -0.25) is 4.79 Å². The monoisotopic (exact) mass is 412 g/mol. The number of carboxylic acids is 1. The van der Waals surface area contributed by atoms with Gasteiger partial charge in [0.2, 0.25) is 5.91 Å². The number of thioether (sulfide) groups is 1. The van der Waals surface area contributed by atoms with E-state index in [2.05, 4.69) is 15.5 Å². The van der Waals surface area contributed by atoms with Crippen LogP contribution in [0.15, 0.2) is 53.7 Å². The van der Waals surface area contributed by atoms with E-state index >= 15 is 0 Å². The number of hydrogen-bond acceptors (Lipinski definition) is 6. The number of anilines is 1. The first-order chi connectivity index (χ1) is 14.0. The highest BCUT2D eigenvalue weighted by Gasteiger charge is 2.14. The fourth-order valence-corrected chi connectivity index (χ4v) is 3.31. The molecular formula is C20H20N4O4S. The maximum absolute atomic E-state index is 12.3. The molecule has 0 spiro atoms. The number of benzene rings is 2. The summed E-state index contributed by atoms with van der Waals surface area (Å²) < 4.78 is 7.45. The lowest BCUT2D eigenvalue weighted by atomic mass is 10.1. The number of aromatic carboxylic acids is 1. The third-order valence-electron chi connectivity index (χ3n) is 4.21. The van der Waals surface area contributed by atoms with Gasteiger partial charge < -0.3 is 19.7 Å². The Morgan fingerprint density at radius 2 is 1.90 bits per heavy atom. The van der Waals surface area contributed by atoms with Crippen molar-refractivity contribution in [3.05, 3.63) is 65.5 Å². The molecule has 150 valence electrons. The molecule has 0 aliphatic heterocycles. The molecule has 3 rings (SSSR count). The largest absolute Gasteiger partial charge is 0.486 e. The number of ether oxygens (including phenoxy) is 1. The quantitative estimate of drug-likeness (QED) is 0.548. The standard InChI is InChI=1S/C20H20N4O4S/c1-13-15(19(26)27)9-6-10-16(13)21-18(25)12-29-20-23-22-17(24(20)2)11-28-14-7-4-3-5-8-14/h3-10H,11-12H2,1-2H3,(H,21,25)(H,26,27). The fourth-order valence-electron chi connectivity index (χ4n) is 2.58. The van der Waals surface area contributed by atoms with Crippen LogP contribution in [-0.4, -0.2) is 37.5 Å². The van der Waals surface area contributed by atoms with Gasteiger partial charge in [0.25, 0.3) is 0 Å². The van der Waals surface area contributed by atoms with Crippen LogP contribution >= 0.6 is 11.8 Å². The first-order valence-corrected chi connectivity index (χ1v) is 9.76. The maximum atomic E-state index is 12.3. The van der Waals surface area contributed by atoms with E-state index in [1.165, 1.54) is 17.8 Å². The average Bonchev–Trinajstić information content (AvgIpc) is 3.06. The van der Waals surface area contributed by atoms with Crippen LogP contribution in [0.1, 0.15) is 21.7 Å². The lowest BCUT2D eigenvalue weighted by Crippen LogP contribution is -2.16. The number of nitrogens with one attached hydrogen (secondary N) is 1. The smallest absolute Gasteiger partial charge is 0.336 e. The molecule has 29 heavy (non-hydrogen) atoms. The number of rotatable bonds is 8. The normalized spacial score (nSPS) is 10.6. The molecule has 0 atom stereocenters. The first kappa shape index (κ1) is 20.4. The maximum Gasteiger partial charge on any atom is 0.336 e. The second-order valence-electron chi connectivity index (χ2n) is 6.18. The summed E-state index contributed by atoms with van der Waals surface area (Å²) in [7, 11) is 1.81. The van der Waals surface area contributed by atoms with Gasteiger partial charge in [-0.15, -0.1) is 10.2 Å². The second-order valence-corrected chi connectivity index (χ2v) is 7.12. The van der Waals surface area contributed by atoms with Crippen molar-refractivity contribution in [3.63, 3.8) is 0 Å². The Morgan fingerprint density at radius 3 is 2.62 bits per heavy atom. The van der Waals surface area contributed by atoms with E-state index in [1.54, 1.807) is 23.6 Å². The molecule has 0 unspecified atom stereocenters. The Kier molecular flexibility index (Phi) is 6.50. The lowest BCUT2D eigenvalue weighted by Gasteiger charge is -2.10. The van der Waals surface area contributed by atoms with Crippen molar-refractivity contribution in [2.45, 2.75) is 18.7 Å². The zero-order valence-electron chi connectivity index (χ0n) is 16.0. The molecule has 0 radical (unpaired) electrons. The predicted molar refractivity (Wildman–Crippen MR) is 109 cm³/mol. The highest BCUT2D eigenvalue weighted by atomic mass is 32.2. The van der Waals surface area contributed by atoms with Crippen molar-refractivity contribution in [2.75, 3.05) is 11.1 Å². The Morgan fingerprint density at radius 1 is 1.14 bits per heavy atom. The number of amides is 1. The highest BCUT2D eigenvalue weighted by Crippen LogP contribution is 2.21. The number of para-hydroxylation sites is 1. The van der Waals surface area contributed by atoms with Crippen LogP contribution in [0.3, 0.4) is 0 Å². The van der Waals surface area contributed by atoms with Crippen LogP contribution in [0.2, 0.25) is 0 Å². The SMILES string of the molecule is Cc1c(NC(=O)CSc2nnc(COc3ccccc3)n2C)cccc1C(=O)O. The van der Waals surface area contributed by atoms with Gasteiger partial charge in [0.1, 0.15) is 12.4 Å². The summed E-state index contributed by atoms with van der Waals surface area (Å²) in [5.74, 6) is 0.204. The molecule has 0 bridgehead atoms. The Labute approximate surface area is 171 Å². The van der Waals surface area contributed by atoms with Crippen LogP contribution in [0, 0.1) is 6.92 Å². The van der Waals surface area contributed by atoms with Gasteiger partial charge in [-0.1, -0.05) is 36.0 Å². The summed E-state index contributed by atoms with van der Waals surface area (Å²) >= 11 is 1.24. The summed E-state index contributed by atoms with van der Waals surface area (Å²) in [4.78, 5) is 23.5. The minimum absolute atomic E-state index is 0.113. The number of nitrogens with zero attached hydrogens (tertiary/aromatic N) is 3. The van der Waals surface area contributed by atoms with E-state index in [0.29, 0.717) is 22.2 Å². The van der Waals surface area contributed by atoms with E-state index in [0.717, 1.165) is 5.75 Å². The Hall–Kier alpha value is -3.33. The lowest BCUT2D eigenvalue weighted by molar-refractivity contribution is -0.113. The molecule has 0 saturated heterocycles. The summed E-state index contributed by atoms with van der Waals surface area (Å²) in [6.45, 7) is 1.93. The molecule has 0 saturated carbocycles. The van der Waals surface area contributed by atoms with Crippen LogP contribution in [0.5, 0.6) is 5.75 Å². The molecule has 0 fully saturated rings. The molecule has 8 nitrogen and oxygen atoms in total. The average molecular weight is 412 g/mol. The van der Waals surface area contributed by atoms with Gasteiger partial charge >= 0.3 is 5.97 Å². The minimum Gasteiger partial charge on any atom is -0.486 e. The molecular weight excluding hydrogens is 392 g/mol. The topological polar surface area (TPSA) is 106 Å². The van der Waals surface area contributed by atoms with Crippen molar-refractivity contribution in [3.8, 4) is 5.75 Å². The summed E-state index contributed by atoms with van der Waals surface area (Å²) in [5, 5.41) is 20.7. The zero-order chi connectivity index (χ0) is 20.8. The van der Waals surface area contributed by atoms with E-state index < -0.39 is 5.97 Å². The number of hydrogen-bond donors (Lipinski definition) is 2. The van der Waals surface area contributed by atoms with Crippen LogP contribution in [0.25, 0.3) is 0 Å². The number of aromatic nitrogens is 3. The van der Waals surface area contributed by atoms with Crippen molar-refractivity contribution in [2.24, 2.45) is 7.05 Å². The molecule has 2 aromatic carbocycles. The van der Waals surface area contributed by atoms with Gasteiger partial charge in [-0.2, -0.15) is 0 Å². The van der Waals surface area contributed by atoms with Gasteiger partial charge in [0, 0.05) is 12.7 Å². The first-order valence-electron chi connectivity index (χ1n) is 8.77. The van der Waals surface area contributed by atoms with Gasteiger partial charge in [0.05, 0.1) is 11.3 Å². The van der Waals surface area contributed by atoms with Crippen LogP contribution in [-0.2, 0) is 18.4 Å². The Balaban J connectivity index is 1.56. The third-order valence-corrected chi connectivity index (χ3v) is 5.23. The van der Waals surface area contributed by atoms with E-state index in [-0.39, 0.29) is 23.8 Å². The van der Waals surface area contributed by atoms with Gasteiger partial charge in [-0.25, -0.2) is 4.79 Å². The molecule has 0 aliphatic carbocycles. The van der Waals surface area contributed by atoms with Crippen molar-refractivity contribution >= 4 is 29.3 Å². The van der Waals surface area contributed by atoms with E-state index in [4.69, 9.17) is 4.74 Å². The Bertz CT molecular complexity index is 1020. The van der Waals surface area contributed by atoms with Gasteiger partial charge in [0.15, 0.2) is 11.0 Å². The summed E-state index contributed by atoms with van der Waals surface area (Å²) in [6, 6.07) is 14.2. The van der Waals surface area contributed by atoms with E-state index in [9.17, 15) is 14.7 Å². The predicted octanol–water partition coefficient (Wildman–Crippen LogP) is 3.13. The molecule has 1 amide bonds. The van der Waals surface area contributed by atoms with Crippen molar-refractivity contribution < 1.29 is 19.4 Å². The van der Waals surface area contributed by atoms with Crippen LogP contribution < -0.4 is 10.1 Å². The van der Waals surface area contributed by atoms with Crippen molar-refractivity contribution in [1.29, 1.82) is 0 Å². The highest BCUT2D eigenvalue weighted by molar-refractivity contribution is 7.99. The molecule has 9 heteroatoms. The fraction of sp³-hybridized carbons (Fsp3) is 0.200. The van der Waals surface area contributed by atoms with Crippen molar-refractivity contribution in [1.82, 2.24) is 14.8 Å². The second kappa shape index (κ2) is 9.24. The van der Waals surface area contributed by atoms with Crippen LogP contribution in [0.4, 0.5) is 5.69 Å². The van der Waals surface area contributed by atoms with Gasteiger partial charge in [-0.05, 0) is 36.8 Å². The van der Waals surface area contributed by atoms with E-state index in [1.807, 2.05) is 37.4 Å². The number of carboxylic acid groups (broad SMARTS) is 1. The summed E-state index contributed by atoms with van der Waals surface area (Å²) in [6.07, 6.45) is 0. The molecule has 1 heterocycles. The molecule has 0 aliphatic rings. The number of carbonyl (C=O) groups is 2.